The van der Waals surface area contributed by atoms with Gasteiger partial charge in [0.1, 0.15) is 17.9 Å². The topological polar surface area (TPSA) is 108 Å². The van der Waals surface area contributed by atoms with Gasteiger partial charge in [0, 0.05) is 38.8 Å². The lowest BCUT2D eigenvalue weighted by molar-refractivity contribution is 0.0475. The number of nitrogens with zero attached hydrogens (tertiary/aromatic N) is 5. The number of nitrogens with one attached hydrogen (secondary N) is 1. The second-order valence-electron chi connectivity index (χ2n) is 13.7. The molecule has 3 aliphatic rings. The number of halogens is 1. The van der Waals surface area contributed by atoms with Crippen molar-refractivity contribution in [1.29, 1.82) is 0 Å². The molecule has 2 aliphatic heterocycles. The van der Waals surface area contributed by atoms with Crippen molar-refractivity contribution in [3.05, 3.63) is 42.1 Å². The maximum atomic E-state index is 14.3. The summed E-state index contributed by atoms with van der Waals surface area (Å²) in [6, 6.07) is 4.01. The van der Waals surface area contributed by atoms with E-state index in [0.29, 0.717) is 41.9 Å². The van der Waals surface area contributed by atoms with Gasteiger partial charge in [-0.2, -0.15) is 0 Å². The van der Waals surface area contributed by atoms with Crippen LogP contribution in [0.3, 0.4) is 0 Å². The zero-order valence-electron chi connectivity index (χ0n) is 27.9. The van der Waals surface area contributed by atoms with Crippen molar-refractivity contribution in [3.63, 3.8) is 0 Å². The van der Waals surface area contributed by atoms with Gasteiger partial charge in [0.2, 0.25) is 10.0 Å². The highest BCUT2D eigenvalue weighted by atomic mass is 32.2. The van der Waals surface area contributed by atoms with Crippen molar-refractivity contribution in [2.45, 2.75) is 78.7 Å². The molecule has 1 atom stereocenters. The van der Waals surface area contributed by atoms with Gasteiger partial charge in [0.25, 0.3) is 5.91 Å². The van der Waals surface area contributed by atoms with Gasteiger partial charge >= 0.3 is 0 Å². The van der Waals surface area contributed by atoms with Crippen molar-refractivity contribution in [1.82, 2.24) is 24.5 Å². The smallest absolute Gasteiger partial charge is 0.257 e. The molecule has 0 unspecified atom stereocenters. The van der Waals surface area contributed by atoms with Crippen molar-refractivity contribution >= 4 is 21.7 Å². The molecule has 2 aromatic rings. The fourth-order valence-electron chi connectivity index (χ4n) is 7.48. The molecule has 1 aliphatic carbocycles. The number of hydrogen-bond acceptors (Lipinski definition) is 8. The molecule has 2 saturated heterocycles. The minimum absolute atomic E-state index is 0.0349. The van der Waals surface area contributed by atoms with Crippen molar-refractivity contribution in [2.24, 2.45) is 17.3 Å². The minimum atomic E-state index is -3.12. The first-order chi connectivity index (χ1) is 22.0. The monoisotopic (exact) mass is 658 g/mol. The average molecular weight is 659 g/mol. The summed E-state index contributed by atoms with van der Waals surface area (Å²) in [6.45, 7) is 13.5. The molecular formula is C34H51FN6O4S. The fraction of sp³-hybridized carbons (Fsp3) is 0.676. The van der Waals surface area contributed by atoms with Crippen LogP contribution in [-0.2, 0) is 10.0 Å². The SMILES string of the molecule is CCN(C(=O)c1cc(F)ccc1Oc1cncnc1N1CC[C@H](CN2CCC3(CCC(CNS(=O)(=O)CC)CC3)CC2)C1)C(C)C. The van der Waals surface area contributed by atoms with Gasteiger partial charge in [-0.3, -0.25) is 4.79 Å². The van der Waals surface area contributed by atoms with E-state index in [-0.39, 0.29) is 29.0 Å². The Balaban J connectivity index is 1.15. The number of hydrogen-bond donors (Lipinski definition) is 1. The minimum Gasteiger partial charge on any atom is -0.451 e. The van der Waals surface area contributed by atoms with Gasteiger partial charge in [-0.15, -0.1) is 0 Å². The van der Waals surface area contributed by atoms with E-state index in [1.54, 1.807) is 18.0 Å². The van der Waals surface area contributed by atoms with E-state index in [1.807, 2.05) is 20.8 Å². The van der Waals surface area contributed by atoms with Gasteiger partial charge in [-0.25, -0.2) is 27.5 Å². The molecule has 46 heavy (non-hydrogen) atoms. The van der Waals surface area contributed by atoms with Gasteiger partial charge in [-0.1, -0.05) is 0 Å². The number of rotatable bonds is 12. The summed E-state index contributed by atoms with van der Waals surface area (Å²) in [5.41, 5.74) is 0.595. The van der Waals surface area contributed by atoms with E-state index in [9.17, 15) is 17.6 Å². The largest absolute Gasteiger partial charge is 0.451 e. The predicted octanol–water partition coefficient (Wildman–Crippen LogP) is 5.32. The summed E-state index contributed by atoms with van der Waals surface area (Å²) >= 11 is 0. The Morgan fingerprint density at radius 2 is 1.83 bits per heavy atom. The molecule has 12 heteroatoms. The Morgan fingerprint density at radius 1 is 1.09 bits per heavy atom. The second-order valence-corrected chi connectivity index (χ2v) is 15.8. The molecule has 1 spiro atoms. The maximum absolute atomic E-state index is 14.3. The van der Waals surface area contributed by atoms with E-state index in [2.05, 4.69) is 24.5 Å². The van der Waals surface area contributed by atoms with Crippen molar-refractivity contribution in [2.75, 3.05) is 56.5 Å². The quantitative estimate of drug-likeness (QED) is 0.327. The summed E-state index contributed by atoms with van der Waals surface area (Å²) in [6.07, 6.45) is 11.2. The number of ether oxygens (including phenoxy) is 1. The van der Waals surface area contributed by atoms with Crippen LogP contribution >= 0.6 is 0 Å². The molecule has 3 heterocycles. The van der Waals surface area contributed by atoms with Crippen molar-refractivity contribution in [3.8, 4) is 11.5 Å². The number of amides is 1. The number of carbonyl (C=O) groups is 1. The molecule has 3 fully saturated rings. The first kappa shape index (κ1) is 34.5. The number of aromatic nitrogens is 2. The van der Waals surface area contributed by atoms with E-state index in [1.165, 1.54) is 50.2 Å². The highest BCUT2D eigenvalue weighted by Crippen LogP contribution is 2.46. The van der Waals surface area contributed by atoms with Crippen LogP contribution in [0.4, 0.5) is 10.2 Å². The summed E-state index contributed by atoms with van der Waals surface area (Å²) in [5.74, 6) is 1.76. The Morgan fingerprint density at radius 3 is 2.50 bits per heavy atom. The average Bonchev–Trinajstić information content (AvgIpc) is 3.51. The van der Waals surface area contributed by atoms with Crippen LogP contribution in [0, 0.1) is 23.1 Å². The molecule has 1 amide bonds. The van der Waals surface area contributed by atoms with E-state index < -0.39 is 15.8 Å². The van der Waals surface area contributed by atoms with Crippen molar-refractivity contribution < 1.29 is 22.3 Å². The normalized spacial score (nSPS) is 20.8. The summed E-state index contributed by atoms with van der Waals surface area (Å²) in [4.78, 5) is 28.7. The molecule has 1 aromatic heterocycles. The summed E-state index contributed by atoms with van der Waals surface area (Å²) in [5, 5.41) is 0. The van der Waals surface area contributed by atoms with Crippen LogP contribution in [0.25, 0.3) is 0 Å². The third kappa shape index (κ3) is 8.36. The first-order valence-electron chi connectivity index (χ1n) is 17.0. The lowest BCUT2D eigenvalue weighted by Crippen LogP contribution is -2.44. The Bertz CT molecular complexity index is 1440. The molecule has 5 rings (SSSR count). The van der Waals surface area contributed by atoms with Crippen LogP contribution in [-0.4, -0.2) is 91.7 Å². The van der Waals surface area contributed by atoms with E-state index >= 15 is 0 Å². The number of anilines is 1. The highest BCUT2D eigenvalue weighted by Gasteiger charge is 2.39. The standard InChI is InChI=1S/C34H51FN6O4S/c1-5-41(25(3)4)33(42)29-19-28(35)7-8-30(29)45-31-21-36-24-37-32(31)40-16-11-27(23-40)22-39-17-14-34(15-18-39)12-9-26(10-13-34)20-38-46(43,44)6-2/h7-8,19,21,24-27,38H,5-6,9-18,20,22-23H2,1-4H3/t27-/m1/s1. The highest BCUT2D eigenvalue weighted by molar-refractivity contribution is 7.89. The number of piperidine rings is 1. The van der Waals surface area contributed by atoms with E-state index in [0.717, 1.165) is 52.0 Å². The summed E-state index contributed by atoms with van der Waals surface area (Å²) in [7, 11) is -3.12. The number of carbonyl (C=O) groups excluding carboxylic acids is 1. The molecule has 0 bridgehead atoms. The molecular weight excluding hydrogens is 607 g/mol. The number of benzene rings is 1. The molecule has 1 aromatic carbocycles. The van der Waals surface area contributed by atoms with Gasteiger partial charge in [0.15, 0.2) is 11.6 Å². The van der Waals surface area contributed by atoms with Crippen LogP contribution in [0.15, 0.2) is 30.7 Å². The molecule has 1 saturated carbocycles. The zero-order chi connectivity index (χ0) is 32.9. The molecule has 10 nitrogen and oxygen atoms in total. The fourth-order valence-corrected chi connectivity index (χ4v) is 8.18. The van der Waals surface area contributed by atoms with Gasteiger partial charge < -0.3 is 19.4 Å². The molecule has 0 radical (unpaired) electrons. The maximum Gasteiger partial charge on any atom is 0.257 e. The van der Waals surface area contributed by atoms with E-state index in [4.69, 9.17) is 4.74 Å². The van der Waals surface area contributed by atoms with Crippen LogP contribution in [0.1, 0.15) is 83.0 Å². The van der Waals surface area contributed by atoms with Crippen LogP contribution in [0.2, 0.25) is 0 Å². The third-order valence-electron chi connectivity index (χ3n) is 10.4. The predicted molar refractivity (Wildman–Crippen MR) is 178 cm³/mol. The van der Waals surface area contributed by atoms with Crippen LogP contribution < -0.4 is 14.4 Å². The Kier molecular flexibility index (Phi) is 11.2. The zero-order valence-corrected chi connectivity index (χ0v) is 28.7. The van der Waals surface area contributed by atoms with Crippen LogP contribution in [0.5, 0.6) is 11.5 Å². The van der Waals surface area contributed by atoms with Gasteiger partial charge in [-0.05, 0) is 121 Å². The second kappa shape index (κ2) is 14.9. The first-order valence-corrected chi connectivity index (χ1v) is 18.7. The van der Waals surface area contributed by atoms with Gasteiger partial charge in [0.05, 0.1) is 17.5 Å². The summed E-state index contributed by atoms with van der Waals surface area (Å²) < 4.78 is 47.0. The number of likely N-dealkylation sites (tertiary alicyclic amines) is 1. The molecule has 1 N–H and O–H groups in total. The lowest BCUT2D eigenvalue weighted by atomic mass is 9.65. The number of sulfonamides is 1. The Labute approximate surface area is 274 Å². The molecule has 254 valence electrons. The lowest BCUT2D eigenvalue weighted by Gasteiger charge is -2.46. The third-order valence-corrected chi connectivity index (χ3v) is 11.8. The Hall–Kier alpha value is -2.83.